The van der Waals surface area contributed by atoms with Crippen molar-refractivity contribution < 1.29 is 0 Å². The lowest BCUT2D eigenvalue weighted by Gasteiger charge is -2.42. The van der Waals surface area contributed by atoms with E-state index in [0.717, 1.165) is 0 Å². The smallest absolute Gasteiger partial charge is 0.363 e. The lowest BCUT2D eigenvalue weighted by atomic mass is 10.3. The topological polar surface area (TPSA) is 16.2 Å². The third kappa shape index (κ3) is 20.1. The van der Waals surface area contributed by atoms with Crippen molar-refractivity contribution in [1.29, 1.82) is 0 Å². The number of unbranched alkanes of at least 4 members (excludes halogenated alkanes) is 6. The van der Waals surface area contributed by atoms with Crippen LogP contribution in [0.3, 0.4) is 0 Å². The van der Waals surface area contributed by atoms with Crippen LogP contribution in [0.1, 0.15) is 119 Å². The molecule has 0 amide bonds. The van der Waals surface area contributed by atoms with Gasteiger partial charge in [-0.25, -0.2) is 10.0 Å². The van der Waals surface area contributed by atoms with Crippen molar-refractivity contribution in [1.82, 2.24) is 19.4 Å². The van der Waals surface area contributed by atoms with Gasteiger partial charge in [-0.3, -0.25) is 0 Å². The van der Waals surface area contributed by atoms with Crippen LogP contribution in [0.5, 0.6) is 0 Å². The van der Waals surface area contributed by atoms with Gasteiger partial charge in [0.15, 0.2) is 0 Å². The van der Waals surface area contributed by atoms with Crippen LogP contribution in [-0.4, -0.2) is 115 Å². The second kappa shape index (κ2) is 27.7. The Kier molecular flexibility index (Phi) is 30.3. The van der Waals surface area contributed by atoms with E-state index < -0.39 is 28.5 Å². The number of hydrogen-bond acceptors (Lipinski definition) is 5. The second-order valence-electron chi connectivity index (χ2n) is 10.8. The number of rotatable bonds is 23. The third-order valence-electron chi connectivity index (χ3n) is 6.63. The number of hydrogen-bond donors (Lipinski definition) is 0. The van der Waals surface area contributed by atoms with E-state index in [9.17, 15) is 0 Å². The quantitative estimate of drug-likeness (QED) is 0.124. The van der Waals surface area contributed by atoms with E-state index in [1.54, 1.807) is 0 Å². The van der Waals surface area contributed by atoms with Gasteiger partial charge in [-0.15, -0.1) is 0 Å². The molecule has 0 unspecified atom stereocenters. The molecule has 0 spiro atoms. The molecule has 0 aliphatic carbocycles. The molecule has 0 aromatic carbocycles. The highest BCUT2D eigenvalue weighted by molar-refractivity contribution is 7.03. The molecule has 0 saturated carbocycles. The maximum Gasteiger partial charge on any atom is 0.619 e. The Morgan fingerprint density at radius 1 is 0.417 bits per heavy atom. The fourth-order valence-electron chi connectivity index (χ4n) is 4.35. The van der Waals surface area contributed by atoms with Gasteiger partial charge in [-0.05, 0) is 106 Å². The molecule has 0 fully saturated rings. The predicted octanol–water partition coefficient (Wildman–Crippen LogP) is 7.01. The second-order valence-corrected chi connectivity index (χ2v) is 17.6. The molecule has 0 atom stereocenters. The molecule has 0 aliphatic rings. The molecule has 0 aromatic heterocycles. The summed E-state index contributed by atoms with van der Waals surface area (Å²) in [5.41, 5.74) is 0. The molecule has 0 heterocycles. The van der Waals surface area contributed by atoms with Gasteiger partial charge in [-0.1, -0.05) is 80.1 Å². The molecule has 5 nitrogen and oxygen atoms in total. The molecule has 0 radical (unpaired) electrons. The van der Waals surface area contributed by atoms with Crippen LogP contribution in [0.15, 0.2) is 0 Å². The zero-order chi connectivity index (χ0) is 27.8. The summed E-state index contributed by atoms with van der Waals surface area (Å²) in [5.74, 6) is 0. The van der Waals surface area contributed by atoms with Crippen molar-refractivity contribution in [3.05, 3.63) is 0 Å². The summed E-state index contributed by atoms with van der Waals surface area (Å²) >= 11 is -2.48. The van der Waals surface area contributed by atoms with Crippen LogP contribution in [0.2, 0.25) is 0 Å². The van der Waals surface area contributed by atoms with E-state index in [1.165, 1.54) is 116 Å². The Balaban J connectivity index is 0. The van der Waals surface area contributed by atoms with E-state index in [1.807, 2.05) is 28.2 Å². The van der Waals surface area contributed by atoms with Gasteiger partial charge in [0.1, 0.15) is 0 Å². The van der Waals surface area contributed by atoms with E-state index in [-0.39, 0.29) is 0 Å². The molecule has 0 aliphatic heterocycles. The minimum Gasteiger partial charge on any atom is -0.363 e. The molecule has 36 heavy (non-hydrogen) atoms. The van der Waals surface area contributed by atoms with Crippen molar-refractivity contribution in [2.45, 2.75) is 119 Å². The molecule has 0 N–H and O–H groups in total. The minimum atomic E-state index is -1.27. The Hall–Kier alpha value is 1.15. The predicted molar refractivity (Wildman–Crippen MR) is 169 cm³/mol. The molecule has 8 heteroatoms. The fourth-order valence-corrected chi connectivity index (χ4v) is 9.14. The van der Waals surface area contributed by atoms with Crippen molar-refractivity contribution in [3.63, 3.8) is 0 Å². The average Bonchev–Trinajstić information content (AvgIpc) is 2.87. The highest BCUT2D eigenvalue weighted by Crippen LogP contribution is 2.16. The molecule has 0 bridgehead atoms. The fraction of sp³-hybridized carbons (Fsp3) is 1.00. The molecule has 0 saturated heterocycles. The average molecular weight is 562 g/mol. The summed E-state index contributed by atoms with van der Waals surface area (Å²) in [5, 5.41) is 0. The molecule has 216 valence electrons. The van der Waals surface area contributed by atoms with Crippen LogP contribution in [-0.2, 0) is 0 Å². The van der Waals surface area contributed by atoms with Gasteiger partial charge in [0, 0.05) is 0 Å². The van der Waals surface area contributed by atoms with Gasteiger partial charge in [0.25, 0.3) is 0 Å². The van der Waals surface area contributed by atoms with Gasteiger partial charge in [0.2, 0.25) is 0 Å². The molecular formula is C28H66Al2ClN5. The first-order valence-corrected chi connectivity index (χ1v) is 19.8. The molecule has 0 aromatic rings. The summed E-state index contributed by atoms with van der Waals surface area (Å²) in [7, 11) is 14.0. The van der Waals surface area contributed by atoms with E-state index in [4.69, 9.17) is 10.0 Å². The highest BCUT2D eigenvalue weighted by atomic mass is 35.6. The van der Waals surface area contributed by atoms with Crippen LogP contribution in [0.25, 0.3) is 0 Å². The summed E-state index contributed by atoms with van der Waals surface area (Å²) in [6.45, 7) is 22.0. The van der Waals surface area contributed by atoms with Crippen molar-refractivity contribution in [3.8, 4) is 0 Å². The highest BCUT2D eigenvalue weighted by Gasteiger charge is 2.40. The monoisotopic (exact) mass is 561 g/mol. The zero-order valence-corrected chi connectivity index (χ0v) is 29.6. The van der Waals surface area contributed by atoms with Crippen LogP contribution < -0.4 is 0 Å². The Labute approximate surface area is 242 Å². The maximum atomic E-state index is 5.94. The summed E-state index contributed by atoms with van der Waals surface area (Å²) in [6.07, 6.45) is 16.1. The van der Waals surface area contributed by atoms with Crippen LogP contribution in [0, 0.1) is 0 Å². The number of halogens is 1. The minimum absolute atomic E-state index is 1.21. The molecule has 0 rings (SSSR count). The lowest BCUT2D eigenvalue weighted by Crippen LogP contribution is -2.64. The first-order valence-electron chi connectivity index (χ1n) is 15.4. The zero-order valence-electron chi connectivity index (χ0n) is 26.5. The first-order chi connectivity index (χ1) is 17.2. The van der Waals surface area contributed by atoms with Crippen molar-refractivity contribution in [2.75, 3.05) is 67.5 Å². The summed E-state index contributed by atoms with van der Waals surface area (Å²) in [4.78, 5) is 0. The standard InChI is InChI=1S/3C8H18N.2C2H6N.2Al.ClH/c3*1-3-5-7-9-8-6-4-2;2*1-3-2;;;/h3*3-8H2,1-2H3;2*1-2H3;;;1H/q5*-1;2*+3;/p-1. The third-order valence-corrected chi connectivity index (χ3v) is 14.2. The largest absolute Gasteiger partial charge is 0.619 e. The van der Waals surface area contributed by atoms with Crippen LogP contribution in [0.4, 0.5) is 0 Å². The van der Waals surface area contributed by atoms with E-state index in [2.05, 4.69) is 61.0 Å². The van der Waals surface area contributed by atoms with Gasteiger partial charge < -0.3 is 19.4 Å². The lowest BCUT2D eigenvalue weighted by molar-refractivity contribution is 0.251. The van der Waals surface area contributed by atoms with Gasteiger partial charge >= 0.3 is 28.5 Å². The Morgan fingerprint density at radius 3 is 0.722 bits per heavy atom. The molecular weight excluding hydrogens is 496 g/mol. The summed E-state index contributed by atoms with van der Waals surface area (Å²) in [6, 6.07) is 0. The maximum absolute atomic E-state index is 5.94. The first kappa shape index (κ1) is 39.3. The number of nitrogens with zero attached hydrogens (tertiary/aromatic N) is 5. The van der Waals surface area contributed by atoms with E-state index >= 15 is 0 Å². The Morgan fingerprint density at radius 2 is 0.611 bits per heavy atom. The van der Waals surface area contributed by atoms with Crippen LogP contribution >= 0.6 is 10.0 Å². The van der Waals surface area contributed by atoms with Crippen molar-refractivity contribution >= 4 is 38.5 Å². The normalized spacial score (nSPS) is 11.7. The summed E-state index contributed by atoms with van der Waals surface area (Å²) < 4.78 is 13.1. The van der Waals surface area contributed by atoms with Crippen molar-refractivity contribution in [2.24, 2.45) is 0 Å². The van der Waals surface area contributed by atoms with Gasteiger partial charge in [0.05, 0.1) is 0 Å². The Bertz CT molecular complexity index is 367. The van der Waals surface area contributed by atoms with E-state index in [0.29, 0.717) is 0 Å². The van der Waals surface area contributed by atoms with Gasteiger partial charge in [-0.2, -0.15) is 0 Å². The SMILES string of the molecule is CCCC[N](CCCC)[Al]([N](CCCC)CCCC)[N](CCCC)CCCC.C[N](C)[Al]([Cl])[N](C)C.